The smallest absolute Gasteiger partial charge is 0.208 e. The van der Waals surface area contributed by atoms with E-state index in [1.807, 2.05) is 14.0 Å². The number of rotatable bonds is 4. The molecule has 0 aliphatic carbocycles. The van der Waals surface area contributed by atoms with Gasteiger partial charge in [0, 0.05) is 18.7 Å². The summed E-state index contributed by atoms with van der Waals surface area (Å²) < 4.78 is 0. The zero-order valence-electron chi connectivity index (χ0n) is 12.1. The number of aryl methyl sites for hydroxylation is 2. The molecule has 4 nitrogen and oxygen atoms in total. The fourth-order valence-corrected chi connectivity index (χ4v) is 2.74. The summed E-state index contributed by atoms with van der Waals surface area (Å²) in [6, 6.07) is 4.21. The number of pyridine rings is 1. The van der Waals surface area contributed by atoms with Crippen molar-refractivity contribution in [2.24, 2.45) is 0 Å². The van der Waals surface area contributed by atoms with Crippen molar-refractivity contribution < 1.29 is 0 Å². The highest BCUT2D eigenvalue weighted by atomic mass is 32.1. The van der Waals surface area contributed by atoms with Gasteiger partial charge in [0.2, 0.25) is 5.13 Å². The Kier molecular flexibility index (Phi) is 4.14. The molecule has 0 aromatic carbocycles. The summed E-state index contributed by atoms with van der Waals surface area (Å²) in [7, 11) is 2.03. The van der Waals surface area contributed by atoms with Crippen LogP contribution < -0.4 is 4.90 Å². The Hall–Kier alpha value is -1.49. The van der Waals surface area contributed by atoms with Crippen LogP contribution >= 0.6 is 11.3 Å². The van der Waals surface area contributed by atoms with Crippen molar-refractivity contribution in [1.82, 2.24) is 15.2 Å². The maximum Gasteiger partial charge on any atom is 0.208 e. The Labute approximate surface area is 118 Å². The Morgan fingerprint density at radius 2 is 1.95 bits per heavy atom. The van der Waals surface area contributed by atoms with Gasteiger partial charge in [-0.2, -0.15) is 0 Å². The average molecular weight is 276 g/mol. The molecule has 0 aliphatic rings. The minimum Gasteiger partial charge on any atom is -0.344 e. The standard InChI is InChI=1S/C14H20N4S/c1-9(2)13-16-17-14(19-13)18(5)8-12-7-10(3)6-11(4)15-12/h6-7,9H,8H2,1-5H3. The number of nitrogens with zero attached hydrogens (tertiary/aromatic N) is 4. The van der Waals surface area contributed by atoms with Crippen LogP contribution in [0.1, 0.15) is 41.7 Å². The van der Waals surface area contributed by atoms with Crippen molar-refractivity contribution in [1.29, 1.82) is 0 Å². The van der Waals surface area contributed by atoms with Crippen LogP contribution in [0.4, 0.5) is 5.13 Å². The molecule has 102 valence electrons. The van der Waals surface area contributed by atoms with Crippen molar-refractivity contribution >= 4 is 16.5 Å². The van der Waals surface area contributed by atoms with E-state index in [0.29, 0.717) is 5.92 Å². The van der Waals surface area contributed by atoms with Crippen LogP contribution in [0.2, 0.25) is 0 Å². The van der Waals surface area contributed by atoms with Crippen LogP contribution in [0.25, 0.3) is 0 Å². The van der Waals surface area contributed by atoms with Crippen LogP contribution in [-0.4, -0.2) is 22.2 Å². The van der Waals surface area contributed by atoms with Gasteiger partial charge in [0.25, 0.3) is 0 Å². The molecule has 0 radical (unpaired) electrons. The third-order valence-electron chi connectivity index (χ3n) is 2.80. The molecule has 0 fully saturated rings. The van der Waals surface area contributed by atoms with E-state index < -0.39 is 0 Å². The molecule has 0 bridgehead atoms. The lowest BCUT2D eigenvalue weighted by Gasteiger charge is -2.15. The first kappa shape index (κ1) is 13.9. The van der Waals surface area contributed by atoms with Crippen molar-refractivity contribution in [3.05, 3.63) is 34.1 Å². The number of anilines is 1. The van der Waals surface area contributed by atoms with Gasteiger partial charge in [0.05, 0.1) is 12.2 Å². The molecule has 2 heterocycles. The first-order chi connectivity index (χ1) is 8.95. The van der Waals surface area contributed by atoms with Gasteiger partial charge < -0.3 is 4.90 Å². The molecule has 0 N–H and O–H groups in total. The van der Waals surface area contributed by atoms with Crippen molar-refractivity contribution in [3.63, 3.8) is 0 Å². The Bertz CT molecular complexity index is 542. The SMILES string of the molecule is Cc1cc(C)nc(CN(C)c2nnc(C(C)C)s2)c1. The highest BCUT2D eigenvalue weighted by Gasteiger charge is 2.12. The van der Waals surface area contributed by atoms with Crippen LogP contribution in [-0.2, 0) is 6.54 Å². The summed E-state index contributed by atoms with van der Waals surface area (Å²) in [5.74, 6) is 0.430. The summed E-state index contributed by atoms with van der Waals surface area (Å²) in [6.07, 6.45) is 0. The molecule has 0 aliphatic heterocycles. The molecule has 0 spiro atoms. The summed E-state index contributed by atoms with van der Waals surface area (Å²) in [5.41, 5.74) is 3.38. The van der Waals surface area contributed by atoms with Gasteiger partial charge in [-0.1, -0.05) is 25.2 Å². The molecular weight excluding hydrogens is 256 g/mol. The second-order valence-corrected chi connectivity index (χ2v) is 6.20. The molecule has 2 aromatic heterocycles. The van der Waals surface area contributed by atoms with Gasteiger partial charge in [-0.25, -0.2) is 0 Å². The van der Waals surface area contributed by atoms with E-state index >= 15 is 0 Å². The normalized spacial score (nSPS) is 11.1. The Morgan fingerprint density at radius 3 is 2.53 bits per heavy atom. The molecule has 0 amide bonds. The fraction of sp³-hybridized carbons (Fsp3) is 0.500. The monoisotopic (exact) mass is 276 g/mol. The van der Waals surface area contributed by atoms with E-state index in [4.69, 9.17) is 0 Å². The highest BCUT2D eigenvalue weighted by Crippen LogP contribution is 2.25. The van der Waals surface area contributed by atoms with Crippen molar-refractivity contribution in [3.8, 4) is 0 Å². The molecule has 19 heavy (non-hydrogen) atoms. The van der Waals surface area contributed by atoms with Gasteiger partial charge >= 0.3 is 0 Å². The van der Waals surface area contributed by atoms with Gasteiger partial charge in [0.15, 0.2) is 0 Å². The zero-order valence-corrected chi connectivity index (χ0v) is 13.0. The molecule has 2 aromatic rings. The average Bonchev–Trinajstić information content (AvgIpc) is 2.76. The molecule has 0 atom stereocenters. The number of hydrogen-bond acceptors (Lipinski definition) is 5. The minimum atomic E-state index is 0.430. The van der Waals surface area contributed by atoms with E-state index in [2.05, 4.69) is 53.0 Å². The van der Waals surface area contributed by atoms with Gasteiger partial charge in [-0.3, -0.25) is 4.98 Å². The van der Waals surface area contributed by atoms with E-state index in [0.717, 1.165) is 28.1 Å². The van der Waals surface area contributed by atoms with Crippen LogP contribution in [0, 0.1) is 13.8 Å². The molecule has 2 rings (SSSR count). The predicted molar refractivity (Wildman–Crippen MR) is 79.8 cm³/mol. The first-order valence-electron chi connectivity index (χ1n) is 6.44. The summed E-state index contributed by atoms with van der Waals surface area (Å²) in [4.78, 5) is 6.66. The predicted octanol–water partition coefficient (Wildman–Crippen LogP) is 3.31. The van der Waals surface area contributed by atoms with Gasteiger partial charge in [0.1, 0.15) is 5.01 Å². The maximum atomic E-state index is 4.56. The highest BCUT2D eigenvalue weighted by molar-refractivity contribution is 7.15. The Morgan fingerprint density at radius 1 is 1.21 bits per heavy atom. The van der Waals surface area contributed by atoms with E-state index in [1.54, 1.807) is 11.3 Å². The third-order valence-corrected chi connectivity index (χ3v) is 4.14. The van der Waals surface area contributed by atoms with Gasteiger partial charge in [-0.15, -0.1) is 10.2 Å². The number of hydrogen-bond donors (Lipinski definition) is 0. The van der Waals surface area contributed by atoms with E-state index in [1.165, 1.54) is 5.56 Å². The van der Waals surface area contributed by atoms with Gasteiger partial charge in [-0.05, 0) is 31.5 Å². The molecular formula is C14H20N4S. The quantitative estimate of drug-likeness (QED) is 0.859. The second kappa shape index (κ2) is 5.65. The molecule has 0 unspecified atom stereocenters. The third kappa shape index (κ3) is 3.50. The first-order valence-corrected chi connectivity index (χ1v) is 7.26. The van der Waals surface area contributed by atoms with Crippen molar-refractivity contribution in [2.75, 3.05) is 11.9 Å². The van der Waals surface area contributed by atoms with Crippen molar-refractivity contribution in [2.45, 2.75) is 40.2 Å². The maximum absolute atomic E-state index is 4.56. The van der Waals surface area contributed by atoms with E-state index in [9.17, 15) is 0 Å². The minimum absolute atomic E-state index is 0.430. The topological polar surface area (TPSA) is 41.9 Å². The van der Waals surface area contributed by atoms with Crippen LogP contribution in [0.3, 0.4) is 0 Å². The zero-order chi connectivity index (χ0) is 14.0. The summed E-state index contributed by atoms with van der Waals surface area (Å²) in [6.45, 7) is 9.15. The summed E-state index contributed by atoms with van der Waals surface area (Å²) >= 11 is 1.65. The lowest BCUT2D eigenvalue weighted by atomic mass is 10.2. The lowest BCUT2D eigenvalue weighted by Crippen LogP contribution is -2.17. The molecule has 5 heteroatoms. The second-order valence-electron chi connectivity index (χ2n) is 5.21. The van der Waals surface area contributed by atoms with Crippen LogP contribution in [0.15, 0.2) is 12.1 Å². The molecule has 0 saturated carbocycles. The fourth-order valence-electron chi connectivity index (χ4n) is 1.93. The lowest BCUT2D eigenvalue weighted by molar-refractivity contribution is 0.813. The largest absolute Gasteiger partial charge is 0.344 e. The Balaban J connectivity index is 2.13. The van der Waals surface area contributed by atoms with Crippen LogP contribution in [0.5, 0.6) is 0 Å². The molecule has 0 saturated heterocycles. The number of aromatic nitrogens is 3. The summed E-state index contributed by atoms with van der Waals surface area (Å²) in [5, 5.41) is 10.5. The van der Waals surface area contributed by atoms with E-state index in [-0.39, 0.29) is 0 Å².